The van der Waals surface area contributed by atoms with Gasteiger partial charge in [-0.05, 0) is 59.7 Å². The largest absolute Gasteiger partial charge is 0.507 e. The predicted octanol–water partition coefficient (Wildman–Crippen LogP) is 6.87. The molecule has 4 nitrogen and oxygen atoms in total. The van der Waals surface area contributed by atoms with Gasteiger partial charge in [0.05, 0.1) is 0 Å². The van der Waals surface area contributed by atoms with Gasteiger partial charge in [0.2, 0.25) is 5.43 Å². The Kier molecular flexibility index (Phi) is 6.26. The SMILES string of the molecule is O=C(/C=C/c1ccccc1Cl)c1c(/C=C/c2ccccc2Cl)oc2cccc(O)c2c1=O. The van der Waals surface area contributed by atoms with E-state index in [0.29, 0.717) is 21.2 Å². The molecule has 158 valence electrons. The van der Waals surface area contributed by atoms with Crippen molar-refractivity contribution in [3.05, 3.63) is 116 Å². The first-order valence-electron chi connectivity index (χ1n) is 9.64. The van der Waals surface area contributed by atoms with Crippen LogP contribution in [0.5, 0.6) is 5.75 Å². The van der Waals surface area contributed by atoms with Crippen molar-refractivity contribution in [3.8, 4) is 5.75 Å². The third-order valence-corrected chi connectivity index (χ3v) is 5.50. The fourth-order valence-electron chi connectivity index (χ4n) is 3.22. The Morgan fingerprint density at radius 1 is 0.812 bits per heavy atom. The monoisotopic (exact) mass is 462 g/mol. The summed E-state index contributed by atoms with van der Waals surface area (Å²) in [6, 6.07) is 18.6. The lowest BCUT2D eigenvalue weighted by Crippen LogP contribution is -2.16. The molecule has 0 amide bonds. The number of ketones is 1. The zero-order valence-electron chi connectivity index (χ0n) is 16.6. The lowest BCUT2D eigenvalue weighted by molar-refractivity contribution is 0.104. The highest BCUT2D eigenvalue weighted by atomic mass is 35.5. The minimum absolute atomic E-state index is 0.0572. The molecule has 32 heavy (non-hydrogen) atoms. The summed E-state index contributed by atoms with van der Waals surface area (Å²) in [4.78, 5) is 26.3. The van der Waals surface area contributed by atoms with Crippen molar-refractivity contribution in [1.82, 2.24) is 0 Å². The number of benzene rings is 3. The first kappa shape index (κ1) is 21.6. The Hall–Kier alpha value is -3.60. The predicted molar refractivity (Wildman–Crippen MR) is 129 cm³/mol. The van der Waals surface area contributed by atoms with Crippen LogP contribution in [0, 0.1) is 0 Å². The molecule has 0 fully saturated rings. The van der Waals surface area contributed by atoms with Crippen molar-refractivity contribution >= 4 is 58.2 Å². The number of carbonyl (C=O) groups is 1. The molecule has 0 atom stereocenters. The number of phenolic OH excluding ortho intramolecular Hbond substituents is 1. The molecule has 4 aromatic rings. The zero-order chi connectivity index (χ0) is 22.7. The summed E-state index contributed by atoms with van der Waals surface area (Å²) in [5, 5.41) is 11.1. The average molecular weight is 463 g/mol. The molecule has 0 aliphatic rings. The second-order valence-electron chi connectivity index (χ2n) is 6.89. The van der Waals surface area contributed by atoms with Gasteiger partial charge in [0.15, 0.2) is 5.78 Å². The van der Waals surface area contributed by atoms with Crippen molar-refractivity contribution in [2.24, 2.45) is 0 Å². The van der Waals surface area contributed by atoms with Crippen LogP contribution in [0.1, 0.15) is 27.2 Å². The Balaban J connectivity index is 1.86. The maximum atomic E-state index is 13.2. The molecule has 0 bridgehead atoms. The maximum absolute atomic E-state index is 13.2. The zero-order valence-corrected chi connectivity index (χ0v) is 18.1. The van der Waals surface area contributed by atoms with E-state index < -0.39 is 11.2 Å². The second kappa shape index (κ2) is 9.27. The van der Waals surface area contributed by atoms with Gasteiger partial charge in [-0.3, -0.25) is 9.59 Å². The topological polar surface area (TPSA) is 67.5 Å². The van der Waals surface area contributed by atoms with E-state index in [0.717, 1.165) is 0 Å². The number of rotatable bonds is 5. The molecular weight excluding hydrogens is 447 g/mol. The summed E-state index contributed by atoms with van der Waals surface area (Å²) < 4.78 is 5.84. The van der Waals surface area contributed by atoms with Crippen LogP contribution >= 0.6 is 23.2 Å². The van der Waals surface area contributed by atoms with E-state index in [-0.39, 0.29) is 28.0 Å². The van der Waals surface area contributed by atoms with Crippen LogP contribution in [-0.4, -0.2) is 10.9 Å². The van der Waals surface area contributed by atoms with Gasteiger partial charge < -0.3 is 9.52 Å². The van der Waals surface area contributed by atoms with Gasteiger partial charge in [0.1, 0.15) is 28.0 Å². The van der Waals surface area contributed by atoms with Gasteiger partial charge in [0, 0.05) is 10.0 Å². The van der Waals surface area contributed by atoms with Crippen LogP contribution in [0.4, 0.5) is 0 Å². The molecule has 3 aromatic carbocycles. The summed E-state index contributed by atoms with van der Waals surface area (Å²) in [5.74, 6) is -0.786. The number of phenols is 1. The summed E-state index contributed by atoms with van der Waals surface area (Å²) in [6.45, 7) is 0. The number of fused-ring (bicyclic) bond motifs is 1. The second-order valence-corrected chi connectivity index (χ2v) is 7.71. The highest BCUT2D eigenvalue weighted by Crippen LogP contribution is 2.26. The number of carbonyl (C=O) groups excluding carboxylic acids is 1. The summed E-state index contributed by atoms with van der Waals surface area (Å²) in [7, 11) is 0. The van der Waals surface area contributed by atoms with Crippen molar-refractivity contribution in [3.63, 3.8) is 0 Å². The quantitative estimate of drug-likeness (QED) is 0.259. The minimum Gasteiger partial charge on any atom is -0.507 e. The van der Waals surface area contributed by atoms with Crippen molar-refractivity contribution in [2.75, 3.05) is 0 Å². The molecule has 0 aliphatic heterocycles. The lowest BCUT2D eigenvalue weighted by Gasteiger charge is -2.06. The summed E-state index contributed by atoms with van der Waals surface area (Å²) >= 11 is 12.4. The van der Waals surface area contributed by atoms with E-state index in [1.807, 2.05) is 6.07 Å². The van der Waals surface area contributed by atoms with E-state index in [1.54, 1.807) is 60.7 Å². The molecular formula is C26H16Cl2O4. The molecule has 4 rings (SSSR count). The Morgan fingerprint density at radius 3 is 2.09 bits per heavy atom. The summed E-state index contributed by atoms with van der Waals surface area (Å²) in [6.07, 6.45) is 5.96. The first-order chi connectivity index (χ1) is 15.5. The highest BCUT2D eigenvalue weighted by Gasteiger charge is 2.20. The Morgan fingerprint density at radius 2 is 1.44 bits per heavy atom. The van der Waals surface area contributed by atoms with E-state index in [9.17, 15) is 14.7 Å². The van der Waals surface area contributed by atoms with E-state index in [1.165, 1.54) is 24.3 Å². The first-order valence-corrected chi connectivity index (χ1v) is 10.4. The van der Waals surface area contributed by atoms with Gasteiger partial charge in [0.25, 0.3) is 0 Å². The molecule has 1 aromatic heterocycles. The van der Waals surface area contributed by atoms with Crippen LogP contribution in [0.15, 0.2) is 82.0 Å². The van der Waals surface area contributed by atoms with E-state index in [4.69, 9.17) is 27.6 Å². The standard InChI is InChI=1S/C26H16Cl2O4/c27-18-8-3-1-6-16(18)12-14-21(30)25-23(15-13-17-7-2-4-9-19(17)28)32-22-11-5-10-20(29)24(22)26(25)31/h1-15,29H/b14-12+,15-13+. The van der Waals surface area contributed by atoms with Gasteiger partial charge in [-0.25, -0.2) is 0 Å². The number of hydrogen-bond acceptors (Lipinski definition) is 4. The van der Waals surface area contributed by atoms with Crippen LogP contribution in [-0.2, 0) is 0 Å². The third kappa shape index (κ3) is 4.37. The number of aromatic hydroxyl groups is 1. The Labute approximate surface area is 193 Å². The smallest absolute Gasteiger partial charge is 0.208 e. The number of hydrogen-bond donors (Lipinski definition) is 1. The van der Waals surface area contributed by atoms with Gasteiger partial charge in [-0.2, -0.15) is 0 Å². The molecule has 0 radical (unpaired) electrons. The molecule has 0 saturated carbocycles. The van der Waals surface area contributed by atoms with Crippen molar-refractivity contribution < 1.29 is 14.3 Å². The van der Waals surface area contributed by atoms with Gasteiger partial charge in [-0.15, -0.1) is 0 Å². The molecule has 6 heteroatoms. The third-order valence-electron chi connectivity index (χ3n) is 4.81. The molecule has 0 unspecified atom stereocenters. The molecule has 0 saturated heterocycles. The van der Waals surface area contributed by atoms with Crippen LogP contribution < -0.4 is 5.43 Å². The van der Waals surface area contributed by atoms with Crippen molar-refractivity contribution in [2.45, 2.75) is 0 Å². The summed E-state index contributed by atoms with van der Waals surface area (Å²) in [5.41, 5.74) is 0.657. The molecule has 1 N–H and O–H groups in total. The highest BCUT2D eigenvalue weighted by molar-refractivity contribution is 6.32. The minimum atomic E-state index is -0.628. The molecule has 0 spiro atoms. The van der Waals surface area contributed by atoms with Crippen molar-refractivity contribution in [1.29, 1.82) is 0 Å². The van der Waals surface area contributed by atoms with Crippen LogP contribution in [0.3, 0.4) is 0 Å². The Bertz CT molecular complexity index is 1450. The fourth-order valence-corrected chi connectivity index (χ4v) is 3.62. The maximum Gasteiger partial charge on any atom is 0.208 e. The fraction of sp³-hybridized carbons (Fsp3) is 0. The number of halogens is 2. The normalized spacial score (nSPS) is 11.6. The molecule has 0 aliphatic carbocycles. The molecule has 1 heterocycles. The average Bonchev–Trinajstić information content (AvgIpc) is 2.78. The van der Waals surface area contributed by atoms with Gasteiger partial charge in [-0.1, -0.05) is 65.7 Å². The lowest BCUT2D eigenvalue weighted by atomic mass is 10.0. The number of allylic oxidation sites excluding steroid dienone is 1. The van der Waals surface area contributed by atoms with Crippen LogP contribution in [0.2, 0.25) is 10.0 Å². The van der Waals surface area contributed by atoms with Crippen LogP contribution in [0.25, 0.3) is 29.2 Å². The van der Waals surface area contributed by atoms with E-state index >= 15 is 0 Å². The van der Waals surface area contributed by atoms with E-state index in [2.05, 4.69) is 0 Å². The van der Waals surface area contributed by atoms with Gasteiger partial charge >= 0.3 is 0 Å².